The second-order valence-electron chi connectivity index (χ2n) is 2.17. The molecule has 1 heteroatoms. The molecular weight excluding hydrogens is 188 g/mol. The normalized spacial score (nSPS) is 9.80. The molecule has 0 atom stereocenters. The van der Waals surface area contributed by atoms with Gasteiger partial charge >= 0.3 is 0 Å². The number of benzene rings is 1. The molecule has 10 heavy (non-hydrogen) atoms. The van der Waals surface area contributed by atoms with Crippen molar-refractivity contribution in [3.05, 3.63) is 40.7 Å². The van der Waals surface area contributed by atoms with Crippen molar-refractivity contribution in [3.63, 3.8) is 0 Å². The van der Waals surface area contributed by atoms with Gasteiger partial charge in [-0.2, -0.15) is 0 Å². The molecule has 0 heterocycles. The summed E-state index contributed by atoms with van der Waals surface area (Å²) in [4.78, 5) is 0. The molecule has 0 bridgehead atoms. The molecule has 0 saturated heterocycles. The highest BCUT2D eigenvalue weighted by atomic mass is 79.9. The van der Waals surface area contributed by atoms with Crippen LogP contribution >= 0.6 is 15.9 Å². The standard InChI is InChI=1S/C9H10Br/c1-2-4-8-5-3-6-9(10)7-8/h3-7H,2H2,1H3. The molecule has 0 unspecified atom stereocenters. The highest BCUT2D eigenvalue weighted by Crippen LogP contribution is 2.13. The topological polar surface area (TPSA) is 0 Å². The Hall–Kier alpha value is -0.300. The third-order valence-electron chi connectivity index (χ3n) is 1.29. The Labute approximate surface area is 70.4 Å². The maximum atomic E-state index is 3.41. The van der Waals surface area contributed by atoms with E-state index < -0.39 is 0 Å². The summed E-state index contributed by atoms with van der Waals surface area (Å²) >= 11 is 3.41. The summed E-state index contributed by atoms with van der Waals surface area (Å²) in [6.07, 6.45) is 3.29. The highest BCUT2D eigenvalue weighted by Gasteiger charge is 1.90. The average molecular weight is 198 g/mol. The minimum atomic E-state index is 1.09. The SMILES string of the molecule is CC[CH]c1cccc(Br)c1. The van der Waals surface area contributed by atoms with Crippen LogP contribution < -0.4 is 0 Å². The molecule has 0 amide bonds. The highest BCUT2D eigenvalue weighted by molar-refractivity contribution is 9.10. The third kappa shape index (κ3) is 2.14. The molecular formula is C9H10Br. The lowest BCUT2D eigenvalue weighted by Gasteiger charge is -1.96. The summed E-state index contributed by atoms with van der Waals surface area (Å²) in [5, 5.41) is 0. The van der Waals surface area contributed by atoms with Gasteiger partial charge in [0.05, 0.1) is 0 Å². The Kier molecular flexibility index (Phi) is 2.94. The number of halogens is 1. The zero-order chi connectivity index (χ0) is 7.40. The van der Waals surface area contributed by atoms with Crippen molar-refractivity contribution in [1.82, 2.24) is 0 Å². The van der Waals surface area contributed by atoms with Crippen LogP contribution in [-0.4, -0.2) is 0 Å². The van der Waals surface area contributed by atoms with E-state index in [1.165, 1.54) is 5.56 Å². The van der Waals surface area contributed by atoms with Gasteiger partial charge in [-0.25, -0.2) is 0 Å². The second kappa shape index (κ2) is 3.77. The maximum Gasteiger partial charge on any atom is 0.0178 e. The van der Waals surface area contributed by atoms with Crippen molar-refractivity contribution < 1.29 is 0 Å². The molecule has 0 aliphatic rings. The molecule has 0 aromatic heterocycles. The Morgan fingerprint density at radius 2 is 2.30 bits per heavy atom. The van der Waals surface area contributed by atoms with Crippen LogP contribution in [0.5, 0.6) is 0 Å². The lowest BCUT2D eigenvalue weighted by molar-refractivity contribution is 1.12. The van der Waals surface area contributed by atoms with E-state index in [0.717, 1.165) is 10.9 Å². The van der Waals surface area contributed by atoms with Crippen molar-refractivity contribution in [3.8, 4) is 0 Å². The summed E-state index contributed by atoms with van der Waals surface area (Å²) in [5.41, 5.74) is 1.29. The van der Waals surface area contributed by atoms with E-state index >= 15 is 0 Å². The first-order valence-electron chi connectivity index (χ1n) is 3.41. The zero-order valence-electron chi connectivity index (χ0n) is 5.97. The van der Waals surface area contributed by atoms with E-state index in [0.29, 0.717) is 0 Å². The van der Waals surface area contributed by atoms with Crippen molar-refractivity contribution in [2.75, 3.05) is 0 Å². The van der Waals surface area contributed by atoms with Crippen molar-refractivity contribution in [1.29, 1.82) is 0 Å². The van der Waals surface area contributed by atoms with E-state index in [-0.39, 0.29) is 0 Å². The summed E-state index contributed by atoms with van der Waals surface area (Å²) in [6, 6.07) is 8.30. The van der Waals surface area contributed by atoms with Gasteiger partial charge < -0.3 is 0 Å². The van der Waals surface area contributed by atoms with Gasteiger partial charge in [0.1, 0.15) is 0 Å². The lowest BCUT2D eigenvalue weighted by atomic mass is 10.1. The average Bonchev–Trinajstić information content (AvgIpc) is 1.88. The predicted molar refractivity (Wildman–Crippen MR) is 47.8 cm³/mol. The van der Waals surface area contributed by atoms with Gasteiger partial charge in [0, 0.05) is 4.47 Å². The lowest BCUT2D eigenvalue weighted by Crippen LogP contribution is -1.77. The minimum Gasteiger partial charge on any atom is -0.0648 e. The fourth-order valence-electron chi connectivity index (χ4n) is 0.869. The van der Waals surface area contributed by atoms with Gasteiger partial charge in [0.25, 0.3) is 0 Å². The molecule has 0 nitrogen and oxygen atoms in total. The molecule has 0 saturated carbocycles. The summed E-state index contributed by atoms with van der Waals surface area (Å²) < 4.78 is 1.15. The van der Waals surface area contributed by atoms with Crippen molar-refractivity contribution in [2.45, 2.75) is 13.3 Å². The van der Waals surface area contributed by atoms with Crippen molar-refractivity contribution >= 4 is 15.9 Å². The Morgan fingerprint density at radius 3 is 2.90 bits per heavy atom. The van der Waals surface area contributed by atoms with Crippen LogP contribution in [0, 0.1) is 6.42 Å². The zero-order valence-corrected chi connectivity index (χ0v) is 7.56. The molecule has 1 radical (unpaired) electrons. The Morgan fingerprint density at radius 1 is 1.50 bits per heavy atom. The molecule has 0 N–H and O–H groups in total. The van der Waals surface area contributed by atoms with Crippen molar-refractivity contribution in [2.24, 2.45) is 0 Å². The van der Waals surface area contributed by atoms with Crippen LogP contribution in [0.2, 0.25) is 0 Å². The molecule has 0 fully saturated rings. The first-order chi connectivity index (χ1) is 4.83. The number of rotatable bonds is 2. The fraction of sp³-hybridized carbons (Fsp3) is 0.222. The first-order valence-corrected chi connectivity index (χ1v) is 4.21. The Bertz CT molecular complexity index is 206. The van der Waals surface area contributed by atoms with Crippen LogP contribution in [0.1, 0.15) is 18.9 Å². The molecule has 1 rings (SSSR count). The van der Waals surface area contributed by atoms with E-state index in [4.69, 9.17) is 0 Å². The van der Waals surface area contributed by atoms with Crippen LogP contribution in [0.3, 0.4) is 0 Å². The predicted octanol–water partition coefficient (Wildman–Crippen LogP) is 3.41. The van der Waals surface area contributed by atoms with E-state index in [1.807, 2.05) is 12.1 Å². The van der Waals surface area contributed by atoms with Gasteiger partial charge in [-0.15, -0.1) is 0 Å². The van der Waals surface area contributed by atoms with Crippen LogP contribution in [0.25, 0.3) is 0 Å². The van der Waals surface area contributed by atoms with Gasteiger partial charge in [-0.1, -0.05) is 35.0 Å². The van der Waals surface area contributed by atoms with Gasteiger partial charge in [-0.3, -0.25) is 0 Å². The first kappa shape index (κ1) is 7.80. The fourth-order valence-corrected chi connectivity index (χ4v) is 1.29. The molecule has 0 aliphatic carbocycles. The number of hydrogen-bond acceptors (Lipinski definition) is 0. The number of hydrogen-bond donors (Lipinski definition) is 0. The minimum absolute atomic E-state index is 1.09. The van der Waals surface area contributed by atoms with E-state index in [1.54, 1.807) is 0 Å². The largest absolute Gasteiger partial charge is 0.0648 e. The smallest absolute Gasteiger partial charge is 0.0178 e. The van der Waals surface area contributed by atoms with Crippen LogP contribution in [0.4, 0.5) is 0 Å². The molecule has 1 aromatic carbocycles. The maximum absolute atomic E-state index is 3.41. The summed E-state index contributed by atoms with van der Waals surface area (Å²) in [5.74, 6) is 0. The van der Waals surface area contributed by atoms with Gasteiger partial charge in [0.15, 0.2) is 0 Å². The third-order valence-corrected chi connectivity index (χ3v) is 1.78. The van der Waals surface area contributed by atoms with E-state index in [2.05, 4.69) is 41.4 Å². The quantitative estimate of drug-likeness (QED) is 0.682. The summed E-state index contributed by atoms with van der Waals surface area (Å²) in [7, 11) is 0. The van der Waals surface area contributed by atoms with Gasteiger partial charge in [0.2, 0.25) is 0 Å². The second-order valence-corrected chi connectivity index (χ2v) is 3.08. The van der Waals surface area contributed by atoms with Crippen LogP contribution in [0.15, 0.2) is 28.7 Å². The monoisotopic (exact) mass is 197 g/mol. The van der Waals surface area contributed by atoms with Gasteiger partial charge in [-0.05, 0) is 30.5 Å². The summed E-state index contributed by atoms with van der Waals surface area (Å²) in [6.45, 7) is 2.14. The molecule has 0 spiro atoms. The molecule has 53 valence electrons. The van der Waals surface area contributed by atoms with E-state index in [9.17, 15) is 0 Å². The Balaban J connectivity index is 2.75. The van der Waals surface area contributed by atoms with Crippen LogP contribution in [-0.2, 0) is 0 Å². The molecule has 0 aliphatic heterocycles. The molecule has 1 aromatic rings.